The van der Waals surface area contributed by atoms with Crippen molar-refractivity contribution in [3.63, 3.8) is 0 Å². The van der Waals surface area contributed by atoms with Gasteiger partial charge in [-0.1, -0.05) is 11.3 Å². The Balaban J connectivity index is 2.48. The molecule has 1 aromatic rings. The molecule has 1 N–H and O–H groups in total. The van der Waals surface area contributed by atoms with Crippen molar-refractivity contribution in [3.8, 4) is 0 Å². The Kier molecular flexibility index (Phi) is 5.72. The van der Waals surface area contributed by atoms with Crippen LogP contribution in [-0.4, -0.2) is 30.2 Å². The van der Waals surface area contributed by atoms with E-state index in [2.05, 4.69) is 26.7 Å². The van der Waals surface area contributed by atoms with Gasteiger partial charge in [-0.15, -0.1) is 0 Å². The zero-order chi connectivity index (χ0) is 13.4. The minimum absolute atomic E-state index is 0.273. The molecule has 1 heterocycles. The fraction of sp³-hybridized carbons (Fsp3) is 0.273. The van der Waals surface area contributed by atoms with Crippen LogP contribution in [0.25, 0.3) is 0 Å². The maximum Gasteiger partial charge on any atom is 0.330 e. The van der Waals surface area contributed by atoms with Gasteiger partial charge in [0.05, 0.1) is 13.2 Å². The third-order valence-electron chi connectivity index (χ3n) is 1.71. The Bertz CT molecular complexity index is 468. The van der Waals surface area contributed by atoms with Gasteiger partial charge in [0.1, 0.15) is 0 Å². The van der Waals surface area contributed by atoms with Crippen molar-refractivity contribution >= 4 is 35.1 Å². The molecule has 0 bridgehead atoms. The summed E-state index contributed by atoms with van der Waals surface area (Å²) in [5, 5.41) is 2.98. The van der Waals surface area contributed by atoms with E-state index >= 15 is 0 Å². The third kappa shape index (κ3) is 4.88. The molecule has 0 aliphatic carbocycles. The van der Waals surface area contributed by atoms with Crippen LogP contribution >= 0.6 is 11.3 Å². The lowest BCUT2D eigenvalue weighted by atomic mass is 10.5. The van der Waals surface area contributed by atoms with E-state index in [1.54, 1.807) is 13.1 Å². The second-order valence-corrected chi connectivity index (χ2v) is 4.20. The Morgan fingerprint density at radius 1 is 1.61 bits per heavy atom. The monoisotopic (exact) mass is 267 g/mol. The molecule has 0 radical (unpaired) electrons. The summed E-state index contributed by atoms with van der Waals surface area (Å²) in [6.45, 7) is 5.80. The molecule has 0 unspecified atom stereocenters. The number of hydrogen-bond acceptors (Lipinski definition) is 6. The van der Waals surface area contributed by atoms with Gasteiger partial charge in [-0.2, -0.15) is 0 Å². The highest BCUT2D eigenvalue weighted by atomic mass is 32.1. The maximum atomic E-state index is 11.4. The number of carbonyl (C=O) groups excluding carboxylic acids is 2. The SMILES string of the molecule is C=NCc1cnc(NC(=O)/C=C/C(=O)OCC)s1. The van der Waals surface area contributed by atoms with Crippen LogP contribution in [-0.2, 0) is 20.9 Å². The van der Waals surface area contributed by atoms with E-state index in [0.29, 0.717) is 11.7 Å². The number of aromatic nitrogens is 1. The van der Waals surface area contributed by atoms with Crippen LogP contribution in [0.4, 0.5) is 5.13 Å². The summed E-state index contributed by atoms with van der Waals surface area (Å²) in [4.78, 5) is 31.0. The van der Waals surface area contributed by atoms with E-state index in [-0.39, 0.29) is 6.61 Å². The lowest BCUT2D eigenvalue weighted by molar-refractivity contribution is -0.137. The first-order valence-electron chi connectivity index (χ1n) is 5.18. The Morgan fingerprint density at radius 2 is 2.39 bits per heavy atom. The molecule has 0 atom stereocenters. The second-order valence-electron chi connectivity index (χ2n) is 3.09. The molecular weight excluding hydrogens is 254 g/mol. The highest BCUT2D eigenvalue weighted by molar-refractivity contribution is 7.15. The van der Waals surface area contributed by atoms with Crippen molar-refractivity contribution in [1.82, 2.24) is 4.98 Å². The average Bonchev–Trinajstić information content (AvgIpc) is 2.75. The molecule has 0 saturated carbocycles. The smallest absolute Gasteiger partial charge is 0.330 e. The van der Waals surface area contributed by atoms with Gasteiger partial charge in [-0.25, -0.2) is 9.78 Å². The van der Waals surface area contributed by atoms with Crippen LogP contribution in [0.2, 0.25) is 0 Å². The molecular formula is C11H13N3O3S. The van der Waals surface area contributed by atoms with Crippen LogP contribution in [0.5, 0.6) is 0 Å². The Morgan fingerprint density at radius 3 is 3.06 bits per heavy atom. The number of aliphatic imine (C=N–C) groups is 1. The van der Waals surface area contributed by atoms with Crippen molar-refractivity contribution in [2.45, 2.75) is 13.5 Å². The lowest BCUT2D eigenvalue weighted by Crippen LogP contribution is -2.09. The Labute approximate surface area is 108 Å². The van der Waals surface area contributed by atoms with Crippen molar-refractivity contribution in [3.05, 3.63) is 23.2 Å². The fourth-order valence-electron chi connectivity index (χ4n) is 1.03. The molecule has 96 valence electrons. The predicted molar refractivity (Wildman–Crippen MR) is 69.8 cm³/mol. The summed E-state index contributed by atoms with van der Waals surface area (Å²) in [6, 6.07) is 0. The van der Waals surface area contributed by atoms with E-state index in [4.69, 9.17) is 0 Å². The molecule has 0 fully saturated rings. The first-order chi connectivity index (χ1) is 8.65. The van der Waals surface area contributed by atoms with Gasteiger partial charge in [0, 0.05) is 23.2 Å². The third-order valence-corrected chi connectivity index (χ3v) is 2.61. The summed E-state index contributed by atoms with van der Waals surface area (Å²) in [5.41, 5.74) is 0. The minimum Gasteiger partial charge on any atom is -0.463 e. The molecule has 0 saturated heterocycles. The van der Waals surface area contributed by atoms with Crippen LogP contribution in [0.3, 0.4) is 0 Å². The number of ether oxygens (including phenoxy) is 1. The van der Waals surface area contributed by atoms with E-state index in [9.17, 15) is 9.59 Å². The number of anilines is 1. The number of esters is 1. The largest absolute Gasteiger partial charge is 0.463 e. The van der Waals surface area contributed by atoms with Crippen molar-refractivity contribution in [2.75, 3.05) is 11.9 Å². The lowest BCUT2D eigenvalue weighted by Gasteiger charge is -1.96. The highest BCUT2D eigenvalue weighted by Crippen LogP contribution is 2.18. The number of rotatable bonds is 6. The van der Waals surface area contributed by atoms with Gasteiger partial charge in [0.25, 0.3) is 0 Å². The van der Waals surface area contributed by atoms with Crippen molar-refractivity contribution in [1.29, 1.82) is 0 Å². The summed E-state index contributed by atoms with van der Waals surface area (Å²) in [6.07, 6.45) is 3.79. The average molecular weight is 267 g/mol. The number of thiazole rings is 1. The number of nitrogens with zero attached hydrogens (tertiary/aromatic N) is 2. The van der Waals surface area contributed by atoms with Crippen LogP contribution in [0.15, 0.2) is 23.3 Å². The summed E-state index contributed by atoms with van der Waals surface area (Å²) in [7, 11) is 0. The maximum absolute atomic E-state index is 11.4. The van der Waals surface area contributed by atoms with E-state index < -0.39 is 11.9 Å². The zero-order valence-corrected chi connectivity index (χ0v) is 10.7. The molecule has 6 nitrogen and oxygen atoms in total. The second kappa shape index (κ2) is 7.33. The Hall–Kier alpha value is -2.02. The van der Waals surface area contributed by atoms with Gasteiger partial charge in [0.15, 0.2) is 5.13 Å². The van der Waals surface area contributed by atoms with E-state index in [1.807, 2.05) is 0 Å². The molecule has 1 amide bonds. The van der Waals surface area contributed by atoms with Gasteiger partial charge in [-0.3, -0.25) is 15.1 Å². The summed E-state index contributed by atoms with van der Waals surface area (Å²) in [5.74, 6) is -0.987. The highest BCUT2D eigenvalue weighted by Gasteiger charge is 2.04. The summed E-state index contributed by atoms with van der Waals surface area (Å²) < 4.78 is 4.64. The van der Waals surface area contributed by atoms with Crippen molar-refractivity contribution < 1.29 is 14.3 Å². The molecule has 0 aliphatic heterocycles. The van der Waals surface area contributed by atoms with Gasteiger partial charge < -0.3 is 4.74 Å². The minimum atomic E-state index is -0.552. The first kappa shape index (κ1) is 14.0. The topological polar surface area (TPSA) is 80.7 Å². The number of amides is 1. The van der Waals surface area contributed by atoms with E-state index in [0.717, 1.165) is 17.0 Å². The molecule has 0 aliphatic rings. The van der Waals surface area contributed by atoms with Gasteiger partial charge >= 0.3 is 5.97 Å². The summed E-state index contributed by atoms with van der Waals surface area (Å²) >= 11 is 1.30. The molecule has 0 spiro atoms. The normalized spacial score (nSPS) is 10.3. The fourth-order valence-corrected chi connectivity index (χ4v) is 1.80. The number of hydrogen-bond donors (Lipinski definition) is 1. The predicted octanol–water partition coefficient (Wildman–Crippen LogP) is 1.40. The van der Waals surface area contributed by atoms with Gasteiger partial charge in [-0.05, 0) is 13.6 Å². The van der Waals surface area contributed by atoms with Gasteiger partial charge in [0.2, 0.25) is 5.91 Å². The van der Waals surface area contributed by atoms with E-state index in [1.165, 1.54) is 11.3 Å². The first-order valence-corrected chi connectivity index (χ1v) is 6.00. The zero-order valence-electron chi connectivity index (χ0n) is 9.88. The molecule has 0 aromatic carbocycles. The molecule has 18 heavy (non-hydrogen) atoms. The molecule has 7 heteroatoms. The van der Waals surface area contributed by atoms with Crippen LogP contribution in [0.1, 0.15) is 11.8 Å². The molecule has 1 aromatic heterocycles. The number of carbonyl (C=O) groups is 2. The van der Waals surface area contributed by atoms with Crippen molar-refractivity contribution in [2.24, 2.45) is 4.99 Å². The number of nitrogens with one attached hydrogen (secondary N) is 1. The van der Waals surface area contributed by atoms with Crippen LogP contribution < -0.4 is 5.32 Å². The standard InChI is InChI=1S/C11H13N3O3S/c1-3-17-10(16)5-4-9(15)14-11-13-7-8(18-11)6-12-2/h4-5,7H,2-3,6H2,1H3,(H,13,14,15)/b5-4+. The quantitative estimate of drug-likeness (QED) is 0.480. The molecule has 1 rings (SSSR count). The van der Waals surface area contributed by atoms with Crippen LogP contribution in [0, 0.1) is 0 Å².